The zero-order valence-electron chi connectivity index (χ0n) is 12.6. The maximum absolute atomic E-state index is 12.3. The van der Waals surface area contributed by atoms with Gasteiger partial charge in [-0.15, -0.1) is 0 Å². The Hall–Kier alpha value is -1.58. The van der Waals surface area contributed by atoms with Crippen molar-refractivity contribution in [3.63, 3.8) is 0 Å². The highest BCUT2D eigenvalue weighted by atomic mass is 16.2. The van der Waals surface area contributed by atoms with E-state index >= 15 is 0 Å². The van der Waals surface area contributed by atoms with E-state index in [-0.39, 0.29) is 11.9 Å². The molecule has 1 N–H and O–H groups in total. The molecule has 0 saturated heterocycles. The standard InChI is InChI=1S/C15H25N3O/c1-6-16-14-8-7-13(10-17-14)15(19)18(5)12(4)9-11(2)3/h7-8,10-12H,6,9H2,1-5H3,(H,16,17). The predicted octanol–water partition coefficient (Wildman–Crippen LogP) is 3.02. The first-order chi connectivity index (χ1) is 8.95. The van der Waals surface area contributed by atoms with Crippen LogP contribution in [0.2, 0.25) is 0 Å². The minimum absolute atomic E-state index is 0.0312. The normalized spacial score (nSPS) is 12.3. The zero-order chi connectivity index (χ0) is 14.4. The molecule has 1 heterocycles. The third kappa shape index (κ3) is 4.54. The highest BCUT2D eigenvalue weighted by Gasteiger charge is 2.18. The van der Waals surface area contributed by atoms with E-state index in [2.05, 4.69) is 31.1 Å². The smallest absolute Gasteiger partial charge is 0.255 e. The van der Waals surface area contributed by atoms with Gasteiger partial charge >= 0.3 is 0 Å². The van der Waals surface area contributed by atoms with Gasteiger partial charge in [0.15, 0.2) is 0 Å². The Labute approximate surface area is 116 Å². The number of nitrogens with zero attached hydrogens (tertiary/aromatic N) is 2. The number of aromatic nitrogens is 1. The van der Waals surface area contributed by atoms with Gasteiger partial charge in [-0.2, -0.15) is 0 Å². The van der Waals surface area contributed by atoms with Gasteiger partial charge in [-0.3, -0.25) is 4.79 Å². The van der Waals surface area contributed by atoms with Gasteiger partial charge in [0.2, 0.25) is 0 Å². The van der Waals surface area contributed by atoms with E-state index in [1.807, 2.05) is 26.1 Å². The molecule has 0 aromatic carbocycles. The molecule has 1 rings (SSSR count). The van der Waals surface area contributed by atoms with Crippen LogP contribution in [0.5, 0.6) is 0 Å². The highest BCUT2D eigenvalue weighted by Crippen LogP contribution is 2.13. The van der Waals surface area contributed by atoms with E-state index in [4.69, 9.17) is 0 Å². The monoisotopic (exact) mass is 263 g/mol. The van der Waals surface area contributed by atoms with Gasteiger partial charge < -0.3 is 10.2 Å². The van der Waals surface area contributed by atoms with Crippen molar-refractivity contribution in [2.75, 3.05) is 18.9 Å². The Balaban J connectivity index is 2.70. The Kier molecular flexibility index (Phi) is 5.80. The van der Waals surface area contributed by atoms with Gasteiger partial charge in [0.05, 0.1) is 5.56 Å². The first-order valence-electron chi connectivity index (χ1n) is 6.92. The maximum Gasteiger partial charge on any atom is 0.255 e. The Bertz CT molecular complexity index is 400. The van der Waals surface area contributed by atoms with Crippen molar-refractivity contribution in [2.45, 2.75) is 40.2 Å². The van der Waals surface area contributed by atoms with Crippen LogP contribution in [0, 0.1) is 5.92 Å². The molecule has 1 aromatic rings. The van der Waals surface area contributed by atoms with Crippen molar-refractivity contribution in [1.29, 1.82) is 0 Å². The van der Waals surface area contributed by atoms with Crippen molar-refractivity contribution in [3.05, 3.63) is 23.9 Å². The van der Waals surface area contributed by atoms with Crippen molar-refractivity contribution in [2.24, 2.45) is 5.92 Å². The summed E-state index contributed by atoms with van der Waals surface area (Å²) < 4.78 is 0. The number of hydrogen-bond donors (Lipinski definition) is 1. The van der Waals surface area contributed by atoms with Gasteiger partial charge in [-0.1, -0.05) is 13.8 Å². The molecular formula is C15H25N3O. The van der Waals surface area contributed by atoms with E-state index in [1.165, 1.54) is 0 Å². The minimum atomic E-state index is 0.0312. The summed E-state index contributed by atoms with van der Waals surface area (Å²) in [7, 11) is 1.85. The van der Waals surface area contributed by atoms with Crippen LogP contribution in [-0.2, 0) is 0 Å². The summed E-state index contributed by atoms with van der Waals surface area (Å²) >= 11 is 0. The lowest BCUT2D eigenvalue weighted by Gasteiger charge is -2.26. The Morgan fingerprint density at radius 3 is 2.53 bits per heavy atom. The van der Waals surface area contributed by atoms with E-state index in [9.17, 15) is 4.79 Å². The number of anilines is 1. The van der Waals surface area contributed by atoms with E-state index < -0.39 is 0 Å². The van der Waals surface area contributed by atoms with Crippen molar-refractivity contribution in [3.8, 4) is 0 Å². The summed E-state index contributed by atoms with van der Waals surface area (Å²) in [6.45, 7) is 9.26. The van der Waals surface area contributed by atoms with Crippen LogP contribution in [0.1, 0.15) is 44.5 Å². The van der Waals surface area contributed by atoms with E-state index in [0.29, 0.717) is 11.5 Å². The first-order valence-corrected chi connectivity index (χ1v) is 6.92. The fraction of sp³-hybridized carbons (Fsp3) is 0.600. The molecule has 0 aliphatic rings. The van der Waals surface area contributed by atoms with Gasteiger partial charge in [0.1, 0.15) is 5.82 Å². The summed E-state index contributed by atoms with van der Waals surface area (Å²) in [6.07, 6.45) is 2.64. The molecule has 0 fully saturated rings. The molecule has 0 radical (unpaired) electrons. The molecule has 0 aliphatic heterocycles. The van der Waals surface area contributed by atoms with Crippen LogP contribution in [-0.4, -0.2) is 35.4 Å². The van der Waals surface area contributed by atoms with Gasteiger partial charge in [0.25, 0.3) is 5.91 Å². The largest absolute Gasteiger partial charge is 0.370 e. The highest BCUT2D eigenvalue weighted by molar-refractivity contribution is 5.94. The quantitative estimate of drug-likeness (QED) is 0.858. The lowest BCUT2D eigenvalue weighted by molar-refractivity contribution is 0.0728. The van der Waals surface area contributed by atoms with Gasteiger partial charge in [-0.05, 0) is 38.3 Å². The molecule has 4 heteroatoms. The van der Waals surface area contributed by atoms with Crippen LogP contribution in [0.25, 0.3) is 0 Å². The second-order valence-corrected chi connectivity index (χ2v) is 5.36. The number of carbonyl (C=O) groups is 1. The Morgan fingerprint density at radius 2 is 2.05 bits per heavy atom. The van der Waals surface area contributed by atoms with E-state index in [1.54, 1.807) is 11.1 Å². The zero-order valence-corrected chi connectivity index (χ0v) is 12.6. The van der Waals surface area contributed by atoms with Crippen molar-refractivity contribution >= 4 is 11.7 Å². The fourth-order valence-electron chi connectivity index (χ4n) is 2.05. The average Bonchev–Trinajstić information content (AvgIpc) is 2.37. The number of amides is 1. The molecule has 0 spiro atoms. The average molecular weight is 263 g/mol. The van der Waals surface area contributed by atoms with Crippen molar-refractivity contribution in [1.82, 2.24) is 9.88 Å². The van der Waals surface area contributed by atoms with Crippen LogP contribution < -0.4 is 5.32 Å². The van der Waals surface area contributed by atoms with Crippen LogP contribution in [0.15, 0.2) is 18.3 Å². The molecule has 0 bridgehead atoms. The second kappa shape index (κ2) is 7.12. The van der Waals surface area contributed by atoms with Crippen LogP contribution >= 0.6 is 0 Å². The van der Waals surface area contributed by atoms with Crippen LogP contribution in [0.4, 0.5) is 5.82 Å². The topological polar surface area (TPSA) is 45.2 Å². The molecular weight excluding hydrogens is 238 g/mol. The molecule has 1 unspecified atom stereocenters. The SMILES string of the molecule is CCNc1ccc(C(=O)N(C)C(C)CC(C)C)cn1. The molecule has 0 saturated carbocycles. The Morgan fingerprint density at radius 1 is 1.37 bits per heavy atom. The minimum Gasteiger partial charge on any atom is -0.370 e. The lowest BCUT2D eigenvalue weighted by Crippen LogP contribution is -2.35. The number of carbonyl (C=O) groups excluding carboxylic acids is 1. The fourth-order valence-corrected chi connectivity index (χ4v) is 2.05. The lowest BCUT2D eigenvalue weighted by atomic mass is 10.0. The molecule has 0 aliphatic carbocycles. The molecule has 1 aromatic heterocycles. The van der Waals surface area contributed by atoms with Gasteiger partial charge in [-0.25, -0.2) is 4.98 Å². The third-order valence-corrected chi connectivity index (χ3v) is 3.16. The third-order valence-electron chi connectivity index (χ3n) is 3.16. The molecule has 1 amide bonds. The second-order valence-electron chi connectivity index (χ2n) is 5.36. The molecule has 106 valence electrons. The molecule has 1 atom stereocenters. The van der Waals surface area contributed by atoms with Crippen molar-refractivity contribution < 1.29 is 4.79 Å². The molecule has 19 heavy (non-hydrogen) atoms. The number of rotatable bonds is 6. The number of nitrogens with one attached hydrogen (secondary N) is 1. The van der Waals surface area contributed by atoms with E-state index in [0.717, 1.165) is 18.8 Å². The first kappa shape index (κ1) is 15.5. The van der Waals surface area contributed by atoms with Crippen LogP contribution in [0.3, 0.4) is 0 Å². The number of pyridine rings is 1. The summed E-state index contributed by atoms with van der Waals surface area (Å²) in [6, 6.07) is 3.91. The summed E-state index contributed by atoms with van der Waals surface area (Å²) in [5.74, 6) is 1.42. The number of hydrogen-bond acceptors (Lipinski definition) is 3. The van der Waals surface area contributed by atoms with Gasteiger partial charge in [0, 0.05) is 25.8 Å². The predicted molar refractivity (Wildman–Crippen MR) is 79.4 cm³/mol. The summed E-state index contributed by atoms with van der Waals surface area (Å²) in [5.41, 5.74) is 0.639. The summed E-state index contributed by atoms with van der Waals surface area (Å²) in [4.78, 5) is 18.3. The molecule has 4 nitrogen and oxygen atoms in total. The maximum atomic E-state index is 12.3. The summed E-state index contributed by atoms with van der Waals surface area (Å²) in [5, 5.41) is 3.12.